The summed E-state index contributed by atoms with van der Waals surface area (Å²) in [6, 6.07) is 5.30. The first-order valence-electron chi connectivity index (χ1n) is 8.85. The Balaban J connectivity index is 1.63. The zero-order chi connectivity index (χ0) is 18.4. The number of ether oxygens (including phenoxy) is 1. The third-order valence-corrected chi connectivity index (χ3v) is 5.32. The van der Waals surface area contributed by atoms with Gasteiger partial charge in [0, 0.05) is 17.5 Å². The topological polar surface area (TPSA) is 58.6 Å². The van der Waals surface area contributed by atoms with E-state index in [2.05, 4.69) is 5.32 Å². The predicted molar refractivity (Wildman–Crippen MR) is 101 cm³/mol. The minimum atomic E-state index is -0.630. The second-order valence-corrected chi connectivity index (χ2v) is 8.14. The summed E-state index contributed by atoms with van der Waals surface area (Å²) in [5.41, 5.74) is -0.630. The summed E-state index contributed by atoms with van der Waals surface area (Å²) in [6.07, 6.45) is 4.81. The van der Waals surface area contributed by atoms with Gasteiger partial charge in [-0.1, -0.05) is 23.2 Å². The average molecular weight is 388 g/mol. The van der Waals surface area contributed by atoms with Crippen LogP contribution in [0.15, 0.2) is 18.2 Å². The minimum Gasteiger partial charge on any atom is -0.492 e. The molecule has 1 aromatic carbocycles. The molecule has 2 N–H and O–H groups in total. The molecule has 1 aromatic rings. The summed E-state index contributed by atoms with van der Waals surface area (Å²) in [4.78, 5) is 12.1. The molecule has 1 aliphatic rings. The van der Waals surface area contributed by atoms with Crippen molar-refractivity contribution in [2.45, 2.75) is 64.0 Å². The molecule has 0 heterocycles. The van der Waals surface area contributed by atoms with E-state index in [4.69, 9.17) is 27.9 Å². The van der Waals surface area contributed by atoms with Gasteiger partial charge in [-0.25, -0.2) is 0 Å². The molecular weight excluding hydrogens is 361 g/mol. The fourth-order valence-electron chi connectivity index (χ4n) is 3.25. The summed E-state index contributed by atoms with van der Waals surface area (Å²) in [5.74, 6) is 0.951. The smallest absolute Gasteiger partial charge is 0.220 e. The first-order valence-corrected chi connectivity index (χ1v) is 9.61. The van der Waals surface area contributed by atoms with E-state index in [1.165, 1.54) is 0 Å². The Morgan fingerprint density at radius 2 is 1.96 bits per heavy atom. The van der Waals surface area contributed by atoms with Gasteiger partial charge in [0.1, 0.15) is 5.75 Å². The highest BCUT2D eigenvalue weighted by atomic mass is 35.5. The Morgan fingerprint density at radius 3 is 2.56 bits per heavy atom. The summed E-state index contributed by atoms with van der Waals surface area (Å²) < 4.78 is 5.59. The van der Waals surface area contributed by atoms with E-state index in [0.29, 0.717) is 41.2 Å². The Bertz CT molecular complexity index is 579. The molecule has 140 valence electrons. The molecule has 0 atom stereocenters. The van der Waals surface area contributed by atoms with Crippen molar-refractivity contribution in [1.29, 1.82) is 0 Å². The van der Waals surface area contributed by atoms with E-state index < -0.39 is 5.60 Å². The molecule has 4 nitrogen and oxygen atoms in total. The van der Waals surface area contributed by atoms with Crippen LogP contribution in [-0.4, -0.2) is 29.3 Å². The van der Waals surface area contributed by atoms with Gasteiger partial charge in [-0.05, 0) is 70.1 Å². The second-order valence-electron chi connectivity index (χ2n) is 7.30. The molecule has 0 unspecified atom stereocenters. The van der Waals surface area contributed by atoms with Crippen LogP contribution in [0.2, 0.25) is 10.0 Å². The van der Waals surface area contributed by atoms with Gasteiger partial charge in [0.15, 0.2) is 0 Å². The van der Waals surface area contributed by atoms with E-state index in [0.717, 1.165) is 25.7 Å². The van der Waals surface area contributed by atoms with Crippen molar-refractivity contribution in [3.05, 3.63) is 28.2 Å². The molecule has 0 bridgehead atoms. The minimum absolute atomic E-state index is 0.0533. The molecule has 1 aliphatic carbocycles. The third kappa shape index (κ3) is 6.69. The fraction of sp³-hybridized carbons (Fsp3) is 0.632. The average Bonchev–Trinajstić information content (AvgIpc) is 2.53. The molecule has 1 amide bonds. The van der Waals surface area contributed by atoms with Crippen molar-refractivity contribution in [3.8, 4) is 5.75 Å². The monoisotopic (exact) mass is 387 g/mol. The third-order valence-electron chi connectivity index (χ3n) is 4.79. The molecule has 1 fully saturated rings. The molecule has 2 rings (SSSR count). The Labute approximate surface area is 159 Å². The first kappa shape index (κ1) is 20.3. The molecule has 0 spiro atoms. The lowest BCUT2D eigenvalue weighted by Gasteiger charge is -2.36. The summed E-state index contributed by atoms with van der Waals surface area (Å²) >= 11 is 11.9. The van der Waals surface area contributed by atoms with Crippen LogP contribution in [0.25, 0.3) is 0 Å². The number of nitrogens with one attached hydrogen (secondary N) is 1. The van der Waals surface area contributed by atoms with E-state index in [1.54, 1.807) is 18.2 Å². The van der Waals surface area contributed by atoms with Gasteiger partial charge in [0.2, 0.25) is 5.91 Å². The Morgan fingerprint density at radius 1 is 1.28 bits per heavy atom. The van der Waals surface area contributed by atoms with Gasteiger partial charge in [-0.15, -0.1) is 0 Å². The molecular formula is C19H27Cl2NO3. The van der Waals surface area contributed by atoms with E-state index in [1.807, 2.05) is 13.8 Å². The Hall–Kier alpha value is -0.970. The lowest BCUT2D eigenvalue weighted by molar-refractivity contribution is -0.122. The van der Waals surface area contributed by atoms with Crippen LogP contribution in [0.3, 0.4) is 0 Å². The Kier molecular flexibility index (Phi) is 7.41. The van der Waals surface area contributed by atoms with Crippen LogP contribution in [0.5, 0.6) is 5.75 Å². The highest BCUT2D eigenvalue weighted by molar-refractivity contribution is 6.35. The number of hydrogen-bond donors (Lipinski definition) is 2. The lowest BCUT2D eigenvalue weighted by atomic mass is 9.77. The highest BCUT2D eigenvalue weighted by Crippen LogP contribution is 2.32. The quantitative estimate of drug-likeness (QED) is 0.672. The standard InChI is InChI=1S/C19H27Cl2NO3/c1-19(2,24)13-5-8-15(9-6-13)22-18(23)4-3-11-25-17-10-7-14(20)12-16(17)21/h7,10,12-13,15,24H,3-6,8-9,11H2,1-2H3,(H,22,23). The number of amides is 1. The van der Waals surface area contributed by atoms with E-state index >= 15 is 0 Å². The molecule has 6 heteroatoms. The van der Waals surface area contributed by atoms with Crippen LogP contribution in [0.4, 0.5) is 0 Å². The number of benzene rings is 1. The molecule has 25 heavy (non-hydrogen) atoms. The van der Waals surface area contributed by atoms with Crippen LogP contribution >= 0.6 is 23.2 Å². The number of carbonyl (C=O) groups excluding carboxylic acids is 1. The van der Waals surface area contributed by atoms with Gasteiger partial charge >= 0.3 is 0 Å². The van der Waals surface area contributed by atoms with Gasteiger partial charge in [-0.2, -0.15) is 0 Å². The van der Waals surface area contributed by atoms with Gasteiger partial charge < -0.3 is 15.2 Å². The van der Waals surface area contributed by atoms with Crippen molar-refractivity contribution in [2.75, 3.05) is 6.61 Å². The van der Waals surface area contributed by atoms with E-state index in [9.17, 15) is 9.90 Å². The van der Waals surface area contributed by atoms with Crippen LogP contribution < -0.4 is 10.1 Å². The molecule has 0 radical (unpaired) electrons. The SMILES string of the molecule is CC(C)(O)C1CCC(NC(=O)CCCOc2ccc(Cl)cc2Cl)CC1. The zero-order valence-electron chi connectivity index (χ0n) is 14.9. The normalized spacial score (nSPS) is 21.0. The summed E-state index contributed by atoms with van der Waals surface area (Å²) in [5, 5.41) is 14.2. The van der Waals surface area contributed by atoms with Gasteiger partial charge in [0.25, 0.3) is 0 Å². The molecule has 0 saturated heterocycles. The zero-order valence-corrected chi connectivity index (χ0v) is 16.4. The lowest BCUT2D eigenvalue weighted by Crippen LogP contribution is -2.41. The first-order chi connectivity index (χ1) is 11.8. The van der Waals surface area contributed by atoms with E-state index in [-0.39, 0.29) is 11.9 Å². The molecule has 1 saturated carbocycles. The second kappa shape index (κ2) is 9.11. The highest BCUT2D eigenvalue weighted by Gasteiger charge is 2.31. The maximum atomic E-state index is 12.1. The largest absolute Gasteiger partial charge is 0.492 e. The number of rotatable bonds is 7. The number of halogens is 2. The van der Waals surface area contributed by atoms with Crippen LogP contribution in [-0.2, 0) is 4.79 Å². The van der Waals surface area contributed by atoms with Crippen molar-refractivity contribution >= 4 is 29.1 Å². The fourth-order valence-corrected chi connectivity index (χ4v) is 3.71. The van der Waals surface area contributed by atoms with Gasteiger partial charge in [0.05, 0.1) is 17.2 Å². The number of aliphatic hydroxyl groups is 1. The van der Waals surface area contributed by atoms with Crippen molar-refractivity contribution in [3.63, 3.8) is 0 Å². The summed E-state index contributed by atoms with van der Waals surface area (Å²) in [6.45, 7) is 4.16. The van der Waals surface area contributed by atoms with Gasteiger partial charge in [-0.3, -0.25) is 4.79 Å². The van der Waals surface area contributed by atoms with Crippen LogP contribution in [0, 0.1) is 5.92 Å². The maximum Gasteiger partial charge on any atom is 0.220 e. The maximum absolute atomic E-state index is 12.1. The van der Waals surface area contributed by atoms with Crippen LogP contribution in [0.1, 0.15) is 52.4 Å². The molecule has 0 aliphatic heterocycles. The van der Waals surface area contributed by atoms with Crippen molar-refractivity contribution < 1.29 is 14.6 Å². The summed E-state index contributed by atoms with van der Waals surface area (Å²) in [7, 11) is 0. The van der Waals surface area contributed by atoms with Crippen molar-refractivity contribution in [1.82, 2.24) is 5.32 Å². The predicted octanol–water partition coefficient (Wildman–Crippen LogP) is 4.60. The number of hydrogen-bond acceptors (Lipinski definition) is 3. The van der Waals surface area contributed by atoms with Crippen molar-refractivity contribution in [2.24, 2.45) is 5.92 Å². The number of carbonyl (C=O) groups is 1. The molecule has 0 aromatic heterocycles.